The van der Waals surface area contributed by atoms with Crippen molar-refractivity contribution in [3.05, 3.63) is 58.9 Å². The lowest BCUT2D eigenvalue weighted by molar-refractivity contribution is 0.256. The van der Waals surface area contributed by atoms with Crippen molar-refractivity contribution in [1.29, 1.82) is 0 Å². The summed E-state index contributed by atoms with van der Waals surface area (Å²) in [5.41, 5.74) is 9.36. The van der Waals surface area contributed by atoms with Gasteiger partial charge in [0.15, 0.2) is 0 Å². The molecule has 0 aromatic heterocycles. The summed E-state index contributed by atoms with van der Waals surface area (Å²) in [6.07, 6.45) is 3.66. The number of aryl methyl sites for hydroxylation is 1. The topological polar surface area (TPSA) is 46.3 Å². The molecule has 0 spiro atoms. The number of primary amides is 1. The van der Waals surface area contributed by atoms with Gasteiger partial charge >= 0.3 is 6.03 Å². The third kappa shape index (κ3) is 1.95. The number of amides is 2. The van der Waals surface area contributed by atoms with Gasteiger partial charge in [0.1, 0.15) is 5.82 Å². The van der Waals surface area contributed by atoms with Crippen LogP contribution in [0.3, 0.4) is 0 Å². The zero-order valence-electron chi connectivity index (χ0n) is 10.9. The van der Waals surface area contributed by atoms with Crippen LogP contribution in [0.15, 0.2) is 36.4 Å². The summed E-state index contributed by atoms with van der Waals surface area (Å²) in [6.45, 7) is 1.97. The van der Waals surface area contributed by atoms with Crippen LogP contribution < -0.4 is 10.6 Å². The highest BCUT2D eigenvalue weighted by Gasteiger charge is 2.22. The van der Waals surface area contributed by atoms with Crippen LogP contribution in [0.4, 0.5) is 20.6 Å². The molecule has 1 aliphatic rings. The van der Waals surface area contributed by atoms with Gasteiger partial charge < -0.3 is 5.73 Å². The fourth-order valence-corrected chi connectivity index (χ4v) is 2.42. The van der Waals surface area contributed by atoms with Crippen molar-refractivity contribution < 1.29 is 9.18 Å². The highest BCUT2D eigenvalue weighted by molar-refractivity contribution is 6.04. The third-order valence-electron chi connectivity index (χ3n) is 3.32. The van der Waals surface area contributed by atoms with E-state index in [0.29, 0.717) is 16.9 Å². The largest absolute Gasteiger partial charge is 0.351 e. The zero-order chi connectivity index (χ0) is 14.3. The van der Waals surface area contributed by atoms with Crippen LogP contribution in [0.25, 0.3) is 12.2 Å². The van der Waals surface area contributed by atoms with Gasteiger partial charge in [-0.25, -0.2) is 9.18 Å². The molecule has 0 bridgehead atoms. The van der Waals surface area contributed by atoms with Crippen LogP contribution in [0, 0.1) is 12.7 Å². The van der Waals surface area contributed by atoms with E-state index in [0.717, 1.165) is 11.1 Å². The lowest BCUT2D eigenvalue weighted by atomic mass is 10.1. The van der Waals surface area contributed by atoms with Crippen LogP contribution in [0.2, 0.25) is 0 Å². The van der Waals surface area contributed by atoms with Gasteiger partial charge in [-0.15, -0.1) is 0 Å². The number of halogens is 1. The van der Waals surface area contributed by atoms with Gasteiger partial charge in [0.05, 0.1) is 11.4 Å². The molecule has 2 N–H and O–H groups in total. The van der Waals surface area contributed by atoms with E-state index in [1.807, 2.05) is 31.2 Å². The molecule has 0 saturated carbocycles. The summed E-state index contributed by atoms with van der Waals surface area (Å²) < 4.78 is 13.4. The summed E-state index contributed by atoms with van der Waals surface area (Å²) in [7, 11) is 0. The minimum absolute atomic E-state index is 0.347. The third-order valence-corrected chi connectivity index (χ3v) is 3.32. The quantitative estimate of drug-likeness (QED) is 0.775. The number of anilines is 2. The van der Waals surface area contributed by atoms with Gasteiger partial charge in [0.25, 0.3) is 0 Å². The summed E-state index contributed by atoms with van der Waals surface area (Å²) >= 11 is 0. The van der Waals surface area contributed by atoms with Crippen molar-refractivity contribution in [2.75, 3.05) is 4.90 Å². The molecule has 0 atom stereocenters. The predicted molar refractivity (Wildman–Crippen MR) is 78.2 cm³/mol. The molecule has 0 saturated heterocycles. The number of nitrogens with two attached hydrogens (primary N) is 1. The molecule has 0 unspecified atom stereocenters. The number of carbonyl (C=O) groups is 1. The van der Waals surface area contributed by atoms with E-state index < -0.39 is 6.03 Å². The smallest absolute Gasteiger partial charge is 0.323 e. The maximum absolute atomic E-state index is 13.4. The standard InChI is InChI=1S/C16H13FN2O/c1-10-2-6-14-11(8-10)3-4-12-9-13(17)5-7-15(12)19(14)16(18)20/h2-9H,1H3,(H2,18,20). The molecular formula is C16H13FN2O. The van der Waals surface area contributed by atoms with E-state index >= 15 is 0 Å². The summed E-state index contributed by atoms with van der Waals surface area (Å²) in [5.74, 6) is -0.347. The number of hydrogen-bond acceptors (Lipinski definition) is 1. The molecule has 0 aliphatic carbocycles. The van der Waals surface area contributed by atoms with Gasteiger partial charge in [-0.2, -0.15) is 0 Å². The first-order valence-electron chi connectivity index (χ1n) is 6.24. The Morgan fingerprint density at radius 2 is 1.65 bits per heavy atom. The van der Waals surface area contributed by atoms with Crippen molar-refractivity contribution in [2.24, 2.45) is 5.73 Å². The number of benzene rings is 2. The number of rotatable bonds is 0. The number of carbonyl (C=O) groups excluding carboxylic acids is 1. The number of nitrogens with zero attached hydrogens (tertiary/aromatic N) is 1. The first-order valence-corrected chi connectivity index (χ1v) is 6.24. The normalized spacial score (nSPS) is 12.6. The Labute approximate surface area is 116 Å². The maximum Gasteiger partial charge on any atom is 0.323 e. The molecular weight excluding hydrogens is 255 g/mol. The van der Waals surface area contributed by atoms with Crippen LogP contribution in [0.5, 0.6) is 0 Å². The van der Waals surface area contributed by atoms with E-state index in [-0.39, 0.29) is 5.82 Å². The minimum atomic E-state index is -0.591. The van der Waals surface area contributed by atoms with Crippen LogP contribution in [0.1, 0.15) is 16.7 Å². The molecule has 20 heavy (non-hydrogen) atoms. The van der Waals surface area contributed by atoms with Gasteiger partial charge in [-0.05, 0) is 42.8 Å². The lowest BCUT2D eigenvalue weighted by Crippen LogP contribution is -2.32. The van der Waals surface area contributed by atoms with E-state index in [1.165, 1.54) is 17.0 Å². The Morgan fingerprint density at radius 3 is 2.30 bits per heavy atom. The van der Waals surface area contributed by atoms with Crippen molar-refractivity contribution >= 4 is 29.6 Å². The molecule has 2 aromatic carbocycles. The number of fused-ring (bicyclic) bond motifs is 2. The highest BCUT2D eigenvalue weighted by atomic mass is 19.1. The Hall–Kier alpha value is -2.62. The van der Waals surface area contributed by atoms with Gasteiger partial charge in [-0.3, -0.25) is 4.90 Å². The zero-order valence-corrected chi connectivity index (χ0v) is 10.9. The molecule has 2 aromatic rings. The second-order valence-electron chi connectivity index (χ2n) is 4.77. The van der Waals surface area contributed by atoms with Gasteiger partial charge in [-0.1, -0.05) is 23.8 Å². The van der Waals surface area contributed by atoms with Crippen molar-refractivity contribution in [1.82, 2.24) is 0 Å². The molecule has 1 heterocycles. The first-order chi connectivity index (χ1) is 9.56. The molecule has 3 rings (SSSR count). The average molecular weight is 268 g/mol. The molecule has 1 aliphatic heterocycles. The minimum Gasteiger partial charge on any atom is -0.351 e. The van der Waals surface area contributed by atoms with E-state index in [9.17, 15) is 9.18 Å². The fraction of sp³-hybridized carbons (Fsp3) is 0.0625. The SMILES string of the molecule is Cc1ccc2c(c1)C=Cc1cc(F)ccc1N2C(N)=O. The van der Waals surface area contributed by atoms with Crippen molar-refractivity contribution in [3.63, 3.8) is 0 Å². The van der Waals surface area contributed by atoms with Crippen LogP contribution in [-0.4, -0.2) is 6.03 Å². The molecule has 2 amide bonds. The predicted octanol–water partition coefficient (Wildman–Crippen LogP) is 3.83. The molecule has 3 nitrogen and oxygen atoms in total. The van der Waals surface area contributed by atoms with E-state index in [4.69, 9.17) is 5.73 Å². The summed E-state index contributed by atoms with van der Waals surface area (Å²) in [4.78, 5) is 13.2. The second-order valence-corrected chi connectivity index (χ2v) is 4.77. The van der Waals surface area contributed by atoms with E-state index in [1.54, 1.807) is 12.1 Å². The molecule has 100 valence electrons. The van der Waals surface area contributed by atoms with Gasteiger partial charge in [0, 0.05) is 5.56 Å². The van der Waals surface area contributed by atoms with Crippen LogP contribution >= 0.6 is 0 Å². The Morgan fingerprint density at radius 1 is 1.05 bits per heavy atom. The monoisotopic (exact) mass is 268 g/mol. The molecule has 0 radical (unpaired) electrons. The van der Waals surface area contributed by atoms with E-state index in [2.05, 4.69) is 0 Å². The van der Waals surface area contributed by atoms with Crippen LogP contribution in [-0.2, 0) is 0 Å². The van der Waals surface area contributed by atoms with Crippen molar-refractivity contribution in [2.45, 2.75) is 6.92 Å². The van der Waals surface area contributed by atoms with Crippen molar-refractivity contribution in [3.8, 4) is 0 Å². The summed E-state index contributed by atoms with van der Waals surface area (Å²) in [5, 5.41) is 0. The number of urea groups is 1. The maximum atomic E-state index is 13.4. The van der Waals surface area contributed by atoms with Gasteiger partial charge in [0.2, 0.25) is 0 Å². The summed E-state index contributed by atoms with van der Waals surface area (Å²) in [6, 6.07) is 9.41. The Kier molecular flexibility index (Phi) is 2.79. The Bertz CT molecular complexity index is 682. The fourth-order valence-electron chi connectivity index (χ4n) is 2.42. The number of hydrogen-bond donors (Lipinski definition) is 1. The highest BCUT2D eigenvalue weighted by Crippen LogP contribution is 2.36. The first kappa shape index (κ1) is 12.4. The lowest BCUT2D eigenvalue weighted by Gasteiger charge is -2.23. The second kappa shape index (κ2) is 4.49. The Balaban J connectivity index is 2.30. The molecule has 4 heteroatoms. The average Bonchev–Trinajstić information content (AvgIpc) is 2.55. The molecule has 0 fully saturated rings.